The fourth-order valence-corrected chi connectivity index (χ4v) is 3.65. The second kappa shape index (κ2) is 5.32. The molecule has 0 bridgehead atoms. The number of carbonyl (C=O) groups is 1. The molecule has 0 aromatic heterocycles. The van der Waals surface area contributed by atoms with E-state index in [1.165, 1.54) is 0 Å². The average molecular weight is 252 g/mol. The molecule has 2 saturated carbocycles. The molecule has 0 heterocycles. The largest absolute Gasteiger partial charge is 0.382 e. The van der Waals surface area contributed by atoms with Crippen molar-refractivity contribution in [1.29, 1.82) is 0 Å². The summed E-state index contributed by atoms with van der Waals surface area (Å²) in [5.41, 5.74) is -0.989. The Morgan fingerprint density at radius 3 is 2.17 bits per heavy atom. The summed E-state index contributed by atoms with van der Waals surface area (Å²) < 4.78 is 0. The lowest BCUT2D eigenvalue weighted by atomic mass is 9.68. The zero-order valence-corrected chi connectivity index (χ0v) is 12.1. The Balaban J connectivity index is 1.98. The summed E-state index contributed by atoms with van der Waals surface area (Å²) in [5.74, 6) is 2.31. The zero-order valence-electron chi connectivity index (χ0n) is 12.1. The summed E-state index contributed by atoms with van der Waals surface area (Å²) >= 11 is 0. The maximum absolute atomic E-state index is 12.6. The van der Waals surface area contributed by atoms with E-state index in [4.69, 9.17) is 0 Å². The van der Waals surface area contributed by atoms with Gasteiger partial charge in [-0.2, -0.15) is 0 Å². The summed E-state index contributed by atoms with van der Waals surface area (Å²) in [6, 6.07) is 0. The molecule has 2 heteroatoms. The number of Topliss-reactive ketones (excluding diaryl/α,β-unsaturated/α-hetero) is 1. The number of hydrogen-bond donors (Lipinski definition) is 1. The van der Waals surface area contributed by atoms with Crippen LogP contribution in [0.5, 0.6) is 0 Å². The van der Waals surface area contributed by atoms with E-state index in [1.54, 1.807) is 0 Å². The fourth-order valence-electron chi connectivity index (χ4n) is 3.65. The molecule has 3 atom stereocenters. The number of hydrogen-bond acceptors (Lipinski definition) is 2. The molecule has 0 spiro atoms. The van der Waals surface area contributed by atoms with E-state index in [-0.39, 0.29) is 11.7 Å². The maximum Gasteiger partial charge on any atom is 0.167 e. The summed E-state index contributed by atoms with van der Waals surface area (Å²) in [4.78, 5) is 12.6. The van der Waals surface area contributed by atoms with Gasteiger partial charge in [-0.1, -0.05) is 20.8 Å². The number of ketones is 1. The predicted octanol–water partition coefficient (Wildman–Crippen LogP) is 3.57. The van der Waals surface area contributed by atoms with Crippen LogP contribution < -0.4 is 0 Å². The fraction of sp³-hybridized carbons (Fsp3) is 0.938. The van der Waals surface area contributed by atoms with Crippen molar-refractivity contribution >= 4 is 5.78 Å². The van der Waals surface area contributed by atoms with Crippen molar-refractivity contribution in [1.82, 2.24) is 0 Å². The van der Waals surface area contributed by atoms with E-state index >= 15 is 0 Å². The van der Waals surface area contributed by atoms with E-state index in [1.807, 2.05) is 0 Å². The van der Waals surface area contributed by atoms with Gasteiger partial charge in [0.15, 0.2) is 5.78 Å². The van der Waals surface area contributed by atoms with Crippen molar-refractivity contribution in [3.05, 3.63) is 0 Å². The Morgan fingerprint density at radius 2 is 1.61 bits per heavy atom. The van der Waals surface area contributed by atoms with E-state index in [9.17, 15) is 9.90 Å². The van der Waals surface area contributed by atoms with Gasteiger partial charge in [0, 0.05) is 5.92 Å². The van der Waals surface area contributed by atoms with Gasteiger partial charge in [0.05, 0.1) is 0 Å². The normalized spacial score (nSPS) is 45.8. The van der Waals surface area contributed by atoms with Gasteiger partial charge in [0.25, 0.3) is 0 Å². The quantitative estimate of drug-likeness (QED) is 0.815. The van der Waals surface area contributed by atoms with Crippen LogP contribution in [0.4, 0.5) is 0 Å². The van der Waals surface area contributed by atoms with Crippen LogP contribution in [0.1, 0.15) is 65.7 Å². The van der Waals surface area contributed by atoms with Crippen LogP contribution in [0.3, 0.4) is 0 Å². The second-order valence-electron chi connectivity index (χ2n) is 7.04. The Bertz CT molecular complexity index is 302. The molecule has 0 amide bonds. The standard InChI is InChI=1S/C16H28O2/c1-11-6-8-16(18,9-7-11)15(17)14-5-4-12(2)13(3)10-14/h11-14,18H,4-10H2,1-3H3. The molecule has 2 aliphatic rings. The Kier molecular flexibility index (Phi) is 4.15. The highest BCUT2D eigenvalue weighted by molar-refractivity contribution is 5.89. The van der Waals surface area contributed by atoms with Crippen LogP contribution >= 0.6 is 0 Å². The number of carbonyl (C=O) groups excluding carboxylic acids is 1. The first kappa shape index (κ1) is 14.0. The van der Waals surface area contributed by atoms with E-state index in [2.05, 4.69) is 20.8 Å². The molecule has 3 unspecified atom stereocenters. The Morgan fingerprint density at radius 1 is 1.00 bits per heavy atom. The van der Waals surface area contributed by atoms with E-state index in [0.717, 1.165) is 38.0 Å². The lowest BCUT2D eigenvalue weighted by molar-refractivity contribution is -0.147. The highest BCUT2D eigenvalue weighted by Crippen LogP contribution is 2.40. The Labute approximate surface area is 111 Å². The van der Waals surface area contributed by atoms with Gasteiger partial charge in [-0.25, -0.2) is 0 Å². The number of rotatable bonds is 2. The van der Waals surface area contributed by atoms with Crippen LogP contribution in [-0.2, 0) is 4.79 Å². The summed E-state index contributed by atoms with van der Waals surface area (Å²) in [5, 5.41) is 10.6. The minimum Gasteiger partial charge on any atom is -0.382 e. The zero-order chi connectivity index (χ0) is 13.3. The average Bonchev–Trinajstić information content (AvgIpc) is 2.36. The highest BCUT2D eigenvalue weighted by Gasteiger charge is 2.43. The molecule has 0 aromatic carbocycles. The van der Waals surface area contributed by atoms with Crippen LogP contribution in [0.25, 0.3) is 0 Å². The van der Waals surface area contributed by atoms with Gasteiger partial charge in [-0.3, -0.25) is 4.79 Å². The summed E-state index contributed by atoms with van der Waals surface area (Å²) in [6.07, 6.45) is 6.49. The van der Waals surface area contributed by atoms with Crippen molar-refractivity contribution in [3.63, 3.8) is 0 Å². The van der Waals surface area contributed by atoms with Gasteiger partial charge in [0.1, 0.15) is 5.60 Å². The molecule has 104 valence electrons. The SMILES string of the molecule is CC1CCC(O)(C(=O)C2CCC(C)C(C)C2)CC1. The smallest absolute Gasteiger partial charge is 0.167 e. The van der Waals surface area contributed by atoms with Gasteiger partial charge < -0.3 is 5.11 Å². The van der Waals surface area contributed by atoms with Crippen molar-refractivity contribution in [2.75, 3.05) is 0 Å². The molecule has 1 N–H and O–H groups in total. The predicted molar refractivity (Wildman–Crippen MR) is 73.3 cm³/mol. The van der Waals surface area contributed by atoms with Crippen molar-refractivity contribution in [3.8, 4) is 0 Å². The van der Waals surface area contributed by atoms with Crippen LogP contribution in [-0.4, -0.2) is 16.5 Å². The first-order chi connectivity index (χ1) is 8.42. The monoisotopic (exact) mass is 252 g/mol. The van der Waals surface area contributed by atoms with Crippen molar-refractivity contribution in [2.24, 2.45) is 23.7 Å². The third-order valence-electron chi connectivity index (χ3n) is 5.53. The molecule has 18 heavy (non-hydrogen) atoms. The molecule has 2 fully saturated rings. The van der Waals surface area contributed by atoms with Crippen LogP contribution in [0, 0.1) is 23.7 Å². The summed E-state index contributed by atoms with van der Waals surface area (Å²) in [7, 11) is 0. The lowest BCUT2D eigenvalue weighted by Crippen LogP contribution is -2.46. The minimum atomic E-state index is -0.989. The summed E-state index contributed by atoms with van der Waals surface area (Å²) in [6.45, 7) is 6.74. The van der Waals surface area contributed by atoms with Gasteiger partial charge in [-0.15, -0.1) is 0 Å². The molecule has 2 nitrogen and oxygen atoms in total. The van der Waals surface area contributed by atoms with E-state index < -0.39 is 5.60 Å². The third kappa shape index (κ3) is 2.79. The molecule has 2 aliphatic carbocycles. The number of aliphatic hydroxyl groups is 1. The molecule has 0 radical (unpaired) electrons. The third-order valence-corrected chi connectivity index (χ3v) is 5.53. The van der Waals surface area contributed by atoms with E-state index in [0.29, 0.717) is 24.7 Å². The first-order valence-corrected chi connectivity index (χ1v) is 7.69. The topological polar surface area (TPSA) is 37.3 Å². The van der Waals surface area contributed by atoms with Crippen molar-refractivity contribution < 1.29 is 9.90 Å². The second-order valence-corrected chi connectivity index (χ2v) is 7.04. The van der Waals surface area contributed by atoms with Gasteiger partial charge >= 0.3 is 0 Å². The molecule has 2 rings (SSSR count). The molecular formula is C16H28O2. The lowest BCUT2D eigenvalue weighted by Gasteiger charge is -2.39. The molecule has 0 aliphatic heterocycles. The first-order valence-electron chi connectivity index (χ1n) is 7.69. The molecule has 0 saturated heterocycles. The van der Waals surface area contributed by atoms with Gasteiger partial charge in [-0.05, 0) is 62.7 Å². The van der Waals surface area contributed by atoms with Gasteiger partial charge in [0.2, 0.25) is 0 Å². The maximum atomic E-state index is 12.6. The van der Waals surface area contributed by atoms with Crippen LogP contribution in [0.2, 0.25) is 0 Å². The Hall–Kier alpha value is -0.370. The molecule has 0 aromatic rings. The molecular weight excluding hydrogens is 224 g/mol. The minimum absolute atomic E-state index is 0.120. The van der Waals surface area contributed by atoms with Crippen LogP contribution in [0.15, 0.2) is 0 Å². The van der Waals surface area contributed by atoms with Crippen molar-refractivity contribution in [2.45, 2.75) is 71.3 Å². The highest BCUT2D eigenvalue weighted by atomic mass is 16.3.